The number of nitrogens with two attached hydrogens (primary N) is 2. The van der Waals surface area contributed by atoms with Crippen LogP contribution in [-0.2, 0) is 26.0 Å². The van der Waals surface area contributed by atoms with Gasteiger partial charge >= 0.3 is 11.8 Å². The average Bonchev–Trinajstić information content (AvgIpc) is 3.13. The number of methoxy groups -OCH3 is 1. The summed E-state index contributed by atoms with van der Waals surface area (Å²) in [6, 6.07) is 7.74. The van der Waals surface area contributed by atoms with Crippen molar-refractivity contribution in [2.75, 3.05) is 20.3 Å². The molecule has 0 aliphatic carbocycles. The number of hydrogen-bond donors (Lipinski definition) is 6. The summed E-state index contributed by atoms with van der Waals surface area (Å²) in [5.41, 5.74) is 9.46. The van der Waals surface area contributed by atoms with Crippen LogP contribution in [0, 0.1) is 5.21 Å². The van der Waals surface area contributed by atoms with Gasteiger partial charge in [-0.05, 0) is 76.4 Å². The number of nitrogens with one attached hydrogen (secondary N) is 2. The normalized spacial score (nSPS) is 16.2. The van der Waals surface area contributed by atoms with E-state index in [1.165, 1.54) is 49.6 Å². The van der Waals surface area contributed by atoms with Gasteiger partial charge in [0.25, 0.3) is 5.91 Å². The third kappa shape index (κ3) is 8.52. The van der Waals surface area contributed by atoms with Gasteiger partial charge in [-0.3, -0.25) is 19.3 Å². The van der Waals surface area contributed by atoms with E-state index in [0.717, 1.165) is 0 Å². The first-order valence-electron chi connectivity index (χ1n) is 14.8. The first-order chi connectivity index (χ1) is 22.0. The molecule has 1 aliphatic heterocycles. The maximum absolute atomic E-state index is 13.3. The molecule has 0 bridgehead atoms. The lowest BCUT2D eigenvalue weighted by Gasteiger charge is -2.32. The molecule has 2 amide bonds. The van der Waals surface area contributed by atoms with Crippen molar-refractivity contribution in [3.05, 3.63) is 58.8 Å². The molecular formula is C31H42N7O9. The fourth-order valence-electron chi connectivity index (χ4n) is 4.79. The number of aromatic hydroxyl groups is 1. The minimum atomic E-state index is -1.29. The number of phenols is 1. The molecule has 1 heterocycles. The first-order valence-corrected chi connectivity index (χ1v) is 14.8. The van der Waals surface area contributed by atoms with Gasteiger partial charge in [0.05, 0.1) is 12.7 Å². The van der Waals surface area contributed by atoms with E-state index in [1.807, 2.05) is 0 Å². The lowest BCUT2D eigenvalue weighted by molar-refractivity contribution is -0.539. The molecule has 0 saturated heterocycles. The third-order valence-electron chi connectivity index (χ3n) is 8.29. The second-order valence-electron chi connectivity index (χ2n) is 12.0. The molecule has 0 fully saturated rings. The van der Waals surface area contributed by atoms with Crippen LogP contribution in [0.15, 0.2) is 47.5 Å². The molecule has 255 valence electrons. The SMILES string of the molecule is COc1cc(O)ccc1C[C@H](NC(=O)COc1ccc(C2=[N+]([O-])C(C)(C)C(C)(C)N2[O])cc1)C(=O)N[C@@H](CCCN=C(N)N)C(=O)O. The van der Waals surface area contributed by atoms with E-state index in [9.17, 15) is 35.0 Å². The van der Waals surface area contributed by atoms with Crippen molar-refractivity contribution in [2.45, 2.75) is 70.1 Å². The second kappa shape index (κ2) is 14.9. The molecule has 0 spiro atoms. The first kappa shape index (κ1) is 36.2. The Kier molecular flexibility index (Phi) is 11.5. The Morgan fingerprint density at radius 3 is 2.28 bits per heavy atom. The van der Waals surface area contributed by atoms with E-state index in [4.69, 9.17) is 20.9 Å². The Hall–Kier alpha value is -5.25. The van der Waals surface area contributed by atoms with Gasteiger partial charge in [-0.1, -0.05) is 11.1 Å². The molecular weight excluding hydrogens is 614 g/mol. The number of aliphatic imine (C=N–C) groups is 1. The summed E-state index contributed by atoms with van der Waals surface area (Å²) >= 11 is 0. The standard InChI is InChI=1S/C31H42N7O9/c1-30(2)31(3,4)38(45)27(37(30)44)18-9-12-21(13-10-18)47-17-25(40)35-23(15-19-8-11-20(39)16-24(19)46-5)26(41)36-22(28(42)43)7-6-14-34-29(32)33/h8-13,16,22-23,39H,6-7,14-15,17H2,1-5H3,(H,35,40)(H,36,41)(H,42,43)(H4,32,33,34)/t22-,23-/m0/s1. The number of amidine groups is 1. The molecule has 3 rings (SSSR count). The summed E-state index contributed by atoms with van der Waals surface area (Å²) in [5.74, 6) is -2.53. The highest BCUT2D eigenvalue weighted by Gasteiger charge is 2.59. The summed E-state index contributed by atoms with van der Waals surface area (Å²) in [6.45, 7) is 6.40. The number of carboxylic acid groups (broad SMARTS) is 1. The predicted molar refractivity (Wildman–Crippen MR) is 170 cm³/mol. The molecule has 0 unspecified atom stereocenters. The molecule has 1 aliphatic rings. The molecule has 8 N–H and O–H groups in total. The summed E-state index contributed by atoms with van der Waals surface area (Å²) < 4.78 is 11.6. The lowest BCUT2D eigenvalue weighted by atomic mass is 9.84. The summed E-state index contributed by atoms with van der Waals surface area (Å²) in [4.78, 5) is 42.0. The average molecular weight is 657 g/mol. The van der Waals surface area contributed by atoms with Crippen molar-refractivity contribution in [3.63, 3.8) is 0 Å². The largest absolute Gasteiger partial charge is 0.714 e. The number of hydrogen-bond acceptors (Lipinski definition) is 9. The number of ether oxygens (including phenoxy) is 2. The van der Waals surface area contributed by atoms with Crippen LogP contribution < -0.4 is 31.6 Å². The molecule has 16 nitrogen and oxygen atoms in total. The maximum atomic E-state index is 13.3. The Balaban J connectivity index is 1.73. The van der Waals surface area contributed by atoms with Crippen LogP contribution in [0.1, 0.15) is 51.7 Å². The number of carbonyl (C=O) groups excluding carboxylic acids is 2. The predicted octanol–water partition coefficient (Wildman–Crippen LogP) is 0.605. The van der Waals surface area contributed by atoms with Gasteiger partial charge in [0.1, 0.15) is 34.9 Å². The number of aliphatic carboxylic acids is 1. The van der Waals surface area contributed by atoms with Gasteiger partial charge in [0.15, 0.2) is 18.1 Å². The second-order valence-corrected chi connectivity index (χ2v) is 12.0. The van der Waals surface area contributed by atoms with Crippen molar-refractivity contribution in [3.8, 4) is 17.2 Å². The quantitative estimate of drug-likeness (QED) is 0.0509. The van der Waals surface area contributed by atoms with Crippen LogP contribution >= 0.6 is 0 Å². The Morgan fingerprint density at radius 1 is 1.06 bits per heavy atom. The van der Waals surface area contributed by atoms with Gasteiger partial charge in [-0.2, -0.15) is 0 Å². The van der Waals surface area contributed by atoms with E-state index < -0.39 is 47.6 Å². The zero-order valence-electron chi connectivity index (χ0n) is 27.0. The zero-order valence-corrected chi connectivity index (χ0v) is 27.0. The minimum absolute atomic E-state index is 0.0164. The maximum Gasteiger partial charge on any atom is 0.326 e. The monoisotopic (exact) mass is 656 g/mol. The topological polar surface area (TPSA) is 248 Å². The van der Waals surface area contributed by atoms with Crippen molar-refractivity contribution in [1.29, 1.82) is 0 Å². The number of carboxylic acids is 1. The number of nitrogens with zero attached hydrogens (tertiary/aromatic N) is 3. The zero-order chi connectivity index (χ0) is 35.1. The van der Waals surface area contributed by atoms with Crippen LogP contribution in [0.4, 0.5) is 0 Å². The number of guanidine groups is 1. The van der Waals surface area contributed by atoms with E-state index in [1.54, 1.807) is 27.7 Å². The van der Waals surface area contributed by atoms with Gasteiger partial charge in [0, 0.05) is 24.2 Å². The van der Waals surface area contributed by atoms with Crippen LogP contribution in [0.5, 0.6) is 17.2 Å². The number of rotatable bonds is 15. The highest BCUT2D eigenvalue weighted by molar-refractivity contribution is 5.96. The molecule has 2 atom stereocenters. The van der Waals surface area contributed by atoms with Gasteiger partial charge < -0.3 is 47.0 Å². The van der Waals surface area contributed by atoms with E-state index in [0.29, 0.717) is 20.9 Å². The van der Waals surface area contributed by atoms with E-state index in [-0.39, 0.29) is 54.9 Å². The third-order valence-corrected chi connectivity index (χ3v) is 8.29. The molecule has 47 heavy (non-hydrogen) atoms. The van der Waals surface area contributed by atoms with Gasteiger partial charge in [-0.15, -0.1) is 0 Å². The summed E-state index contributed by atoms with van der Waals surface area (Å²) in [7, 11) is 1.37. The Bertz CT molecular complexity index is 1520. The van der Waals surface area contributed by atoms with Gasteiger partial charge in [-0.25, -0.2) is 4.79 Å². The summed E-state index contributed by atoms with van der Waals surface area (Å²) in [6.07, 6.45) is 0.167. The van der Waals surface area contributed by atoms with Crippen LogP contribution in [0.25, 0.3) is 0 Å². The number of amides is 2. The number of hydroxylamine groups is 3. The molecule has 2 aromatic carbocycles. The van der Waals surface area contributed by atoms with E-state index >= 15 is 0 Å². The highest BCUT2D eigenvalue weighted by atomic mass is 16.5. The fourth-order valence-corrected chi connectivity index (χ4v) is 4.79. The van der Waals surface area contributed by atoms with Crippen molar-refractivity contribution in [1.82, 2.24) is 15.7 Å². The smallest absolute Gasteiger partial charge is 0.326 e. The molecule has 0 aromatic heterocycles. The molecule has 16 heteroatoms. The van der Waals surface area contributed by atoms with Crippen LogP contribution in [0.2, 0.25) is 0 Å². The minimum Gasteiger partial charge on any atom is -0.714 e. The lowest BCUT2D eigenvalue weighted by Crippen LogP contribution is -2.53. The Labute approximate surface area is 272 Å². The van der Waals surface area contributed by atoms with Crippen molar-refractivity contribution >= 4 is 29.6 Å². The van der Waals surface area contributed by atoms with Crippen LogP contribution in [0.3, 0.4) is 0 Å². The highest BCUT2D eigenvalue weighted by Crippen LogP contribution is 2.37. The fraction of sp³-hybridized carbons (Fsp3) is 0.452. The Morgan fingerprint density at radius 2 is 1.72 bits per heavy atom. The number of benzene rings is 2. The van der Waals surface area contributed by atoms with Crippen LogP contribution in [-0.4, -0.2) is 93.0 Å². The van der Waals surface area contributed by atoms with Gasteiger partial charge in [0.2, 0.25) is 5.91 Å². The molecule has 2 aromatic rings. The molecule has 1 radical (unpaired) electrons. The van der Waals surface area contributed by atoms with Crippen molar-refractivity contribution in [2.24, 2.45) is 16.5 Å². The molecule has 0 saturated carbocycles. The van der Waals surface area contributed by atoms with Crippen molar-refractivity contribution < 1.29 is 44.0 Å². The number of carbonyl (C=O) groups is 3. The number of phenolic OH excluding ortho intramolecular Hbond substituents is 1. The summed E-state index contributed by atoms with van der Waals surface area (Å²) in [5, 5.41) is 51.1. The van der Waals surface area contributed by atoms with E-state index in [2.05, 4.69) is 15.6 Å².